The van der Waals surface area contributed by atoms with E-state index in [1.165, 1.54) is 0 Å². The van der Waals surface area contributed by atoms with Gasteiger partial charge in [-0.3, -0.25) is 0 Å². The van der Waals surface area contributed by atoms with Crippen LogP contribution in [-0.2, 0) is 11.0 Å². The zero-order chi connectivity index (χ0) is 19.3. The van der Waals surface area contributed by atoms with E-state index in [0.717, 1.165) is 16.8 Å². The lowest BCUT2D eigenvalue weighted by molar-refractivity contribution is 0.650. The third-order valence-electron chi connectivity index (χ3n) is 3.83. The van der Waals surface area contributed by atoms with Crippen molar-refractivity contribution in [3.63, 3.8) is 0 Å². The van der Waals surface area contributed by atoms with Crippen molar-refractivity contribution in [1.82, 2.24) is 0 Å². The van der Waals surface area contributed by atoms with Gasteiger partial charge < -0.3 is 0 Å². The average molecular weight is 408 g/mol. The molecule has 2 aromatic rings. The summed E-state index contributed by atoms with van der Waals surface area (Å²) >= 11 is 12.2. The van der Waals surface area contributed by atoms with Gasteiger partial charge in [0, 0.05) is 16.0 Å². The minimum Gasteiger partial charge on any atom is -0.234 e. The van der Waals surface area contributed by atoms with Crippen LogP contribution in [-0.4, -0.2) is 14.7 Å². The third kappa shape index (κ3) is 5.54. The second-order valence-electron chi connectivity index (χ2n) is 6.98. The fraction of sp³-hybridized carbons (Fsp3) is 0.286. The number of rotatable bonds is 6. The molecule has 0 radical (unpaired) electrons. The highest BCUT2D eigenvalue weighted by Crippen LogP contribution is 2.29. The Labute approximate surface area is 168 Å². The molecular formula is C21H23Cl2NOS. The summed E-state index contributed by atoms with van der Waals surface area (Å²) in [7, 11) is -1.39. The monoisotopic (exact) mass is 407 g/mol. The molecule has 0 aliphatic carbocycles. The van der Waals surface area contributed by atoms with E-state index in [4.69, 9.17) is 23.2 Å². The molecule has 0 N–H and O–H groups in total. The predicted molar refractivity (Wildman–Crippen MR) is 115 cm³/mol. The molecule has 0 saturated heterocycles. The maximum atomic E-state index is 12.8. The number of hydrogen-bond donors (Lipinski definition) is 0. The molecule has 2 rings (SSSR count). The van der Waals surface area contributed by atoms with Gasteiger partial charge >= 0.3 is 0 Å². The predicted octanol–water partition coefficient (Wildman–Crippen LogP) is 6.60. The van der Waals surface area contributed by atoms with E-state index in [9.17, 15) is 4.21 Å². The summed E-state index contributed by atoms with van der Waals surface area (Å²) in [5.74, 6) is -0.0984. The summed E-state index contributed by atoms with van der Waals surface area (Å²) in [4.78, 5) is 0. The number of allylic oxidation sites excluding steroid dienone is 1. The Hall–Kier alpha value is -1.42. The summed E-state index contributed by atoms with van der Waals surface area (Å²) < 4.78 is 16.9. The van der Waals surface area contributed by atoms with E-state index in [0.29, 0.717) is 16.5 Å². The maximum Gasteiger partial charge on any atom is 0.145 e. The van der Waals surface area contributed by atoms with Crippen LogP contribution in [0.4, 0.5) is 0 Å². The van der Waals surface area contributed by atoms with Crippen molar-refractivity contribution in [3.05, 3.63) is 82.4 Å². The van der Waals surface area contributed by atoms with Crippen molar-refractivity contribution in [3.8, 4) is 0 Å². The van der Waals surface area contributed by atoms with Crippen LogP contribution < -0.4 is 0 Å². The van der Waals surface area contributed by atoms with Gasteiger partial charge in [0.25, 0.3) is 0 Å². The first kappa shape index (κ1) is 20.9. The fourth-order valence-electron chi connectivity index (χ4n) is 2.46. The van der Waals surface area contributed by atoms with E-state index < -0.39 is 15.7 Å². The van der Waals surface area contributed by atoms with Gasteiger partial charge in [-0.05, 0) is 62.6 Å². The first-order valence-corrected chi connectivity index (χ1v) is 10.2. The topological polar surface area (TPSA) is 29.4 Å². The zero-order valence-electron chi connectivity index (χ0n) is 15.2. The number of halogens is 2. The van der Waals surface area contributed by atoms with Gasteiger partial charge in [0.1, 0.15) is 11.0 Å². The summed E-state index contributed by atoms with van der Waals surface area (Å²) in [6.07, 6.45) is 2.50. The quantitative estimate of drug-likeness (QED) is 0.391. The van der Waals surface area contributed by atoms with Gasteiger partial charge in [-0.15, -0.1) is 6.58 Å². The largest absolute Gasteiger partial charge is 0.234 e. The van der Waals surface area contributed by atoms with Crippen LogP contribution in [0.15, 0.2) is 65.6 Å². The Kier molecular flexibility index (Phi) is 7.22. The Morgan fingerprint density at radius 1 is 1.15 bits per heavy atom. The van der Waals surface area contributed by atoms with Gasteiger partial charge in [0.15, 0.2) is 0 Å². The summed E-state index contributed by atoms with van der Waals surface area (Å²) in [5.41, 5.74) is 2.65. The van der Waals surface area contributed by atoms with E-state index in [-0.39, 0.29) is 5.92 Å². The Bertz CT molecular complexity index is 823. The Morgan fingerprint density at radius 3 is 2.35 bits per heavy atom. The van der Waals surface area contributed by atoms with Crippen molar-refractivity contribution >= 4 is 39.9 Å². The van der Waals surface area contributed by atoms with Gasteiger partial charge in [-0.1, -0.05) is 53.5 Å². The van der Waals surface area contributed by atoms with Gasteiger partial charge in [0.05, 0.1) is 10.5 Å². The van der Waals surface area contributed by atoms with Gasteiger partial charge in [-0.25, -0.2) is 4.21 Å². The molecule has 0 heterocycles. The number of benzene rings is 2. The average Bonchev–Trinajstić information content (AvgIpc) is 2.58. The molecule has 2 unspecified atom stereocenters. The summed E-state index contributed by atoms with van der Waals surface area (Å²) in [5, 5.41) is 1.30. The Balaban J connectivity index is 2.62. The summed E-state index contributed by atoms with van der Waals surface area (Å²) in [6, 6.07) is 15.1. The number of nitrogens with zero attached hydrogens (tertiary/aromatic N) is 1. The lowest BCUT2D eigenvalue weighted by Gasteiger charge is -2.21. The highest BCUT2D eigenvalue weighted by molar-refractivity contribution is 7.85. The minimum absolute atomic E-state index is 0.0984. The maximum absolute atomic E-state index is 12.8. The van der Waals surface area contributed by atoms with E-state index in [1.54, 1.807) is 0 Å². The second-order valence-corrected chi connectivity index (χ2v) is 9.76. The highest BCUT2D eigenvalue weighted by atomic mass is 35.5. The molecule has 0 aromatic heterocycles. The molecule has 2 nitrogen and oxygen atoms in total. The second kappa shape index (κ2) is 8.98. The molecule has 0 aliphatic rings. The first-order chi connectivity index (χ1) is 12.2. The van der Waals surface area contributed by atoms with Crippen molar-refractivity contribution < 1.29 is 4.21 Å². The van der Waals surface area contributed by atoms with Crippen molar-refractivity contribution in [1.29, 1.82) is 0 Å². The first-order valence-electron chi connectivity index (χ1n) is 8.35. The fourth-order valence-corrected chi connectivity index (χ4v) is 3.47. The molecule has 0 bridgehead atoms. The molecule has 0 fully saturated rings. The lowest BCUT2D eigenvalue weighted by Crippen LogP contribution is -2.23. The summed E-state index contributed by atoms with van der Waals surface area (Å²) in [6.45, 7) is 9.61. The molecule has 2 aromatic carbocycles. The van der Waals surface area contributed by atoms with Crippen molar-refractivity contribution in [2.75, 3.05) is 0 Å². The molecule has 138 valence electrons. The van der Waals surface area contributed by atoms with Crippen LogP contribution >= 0.6 is 23.2 Å². The molecule has 0 spiro atoms. The minimum atomic E-state index is -1.39. The van der Waals surface area contributed by atoms with E-state index >= 15 is 0 Å². The van der Waals surface area contributed by atoms with Crippen LogP contribution in [0.2, 0.25) is 10.0 Å². The Morgan fingerprint density at radius 2 is 1.81 bits per heavy atom. The number of hydrogen-bond acceptors (Lipinski definition) is 1. The molecule has 26 heavy (non-hydrogen) atoms. The van der Waals surface area contributed by atoms with Gasteiger partial charge in [0.2, 0.25) is 0 Å². The van der Waals surface area contributed by atoms with Gasteiger partial charge in [-0.2, -0.15) is 4.40 Å². The van der Waals surface area contributed by atoms with Crippen LogP contribution in [0.3, 0.4) is 0 Å². The van der Waals surface area contributed by atoms with E-state index in [1.807, 2.05) is 75.4 Å². The van der Waals surface area contributed by atoms with E-state index in [2.05, 4.69) is 11.0 Å². The third-order valence-corrected chi connectivity index (χ3v) is 5.73. The highest BCUT2D eigenvalue weighted by Gasteiger charge is 2.25. The molecule has 0 amide bonds. The van der Waals surface area contributed by atoms with Crippen molar-refractivity contribution in [2.24, 2.45) is 4.40 Å². The van der Waals surface area contributed by atoms with Crippen LogP contribution in [0.25, 0.3) is 0 Å². The molecular weight excluding hydrogens is 385 g/mol. The smallest absolute Gasteiger partial charge is 0.145 e. The molecule has 2 atom stereocenters. The lowest BCUT2D eigenvalue weighted by atomic mass is 9.87. The molecule has 0 aliphatic heterocycles. The normalized spacial score (nSPS) is 14.7. The zero-order valence-corrected chi connectivity index (χ0v) is 17.5. The SMILES string of the molecule is C=CCC(C(=NS(=O)C(C)(C)C)c1ccc(Cl)cc1)c1cccc(Cl)c1. The van der Waals surface area contributed by atoms with Crippen LogP contribution in [0.5, 0.6) is 0 Å². The standard InChI is InChI=1S/C21H23Cl2NOS/c1-5-7-19(16-8-6-9-18(23)14-16)20(24-26(25)21(2,3)4)15-10-12-17(22)13-11-15/h5-6,8-14,19H,1,7H2,2-4H3. The van der Waals surface area contributed by atoms with Crippen molar-refractivity contribution in [2.45, 2.75) is 37.9 Å². The van der Waals surface area contributed by atoms with Crippen LogP contribution in [0.1, 0.15) is 44.2 Å². The molecule has 0 saturated carbocycles. The molecule has 5 heteroatoms. The van der Waals surface area contributed by atoms with Crippen LogP contribution in [0, 0.1) is 0 Å².